The standard InChI is InChI=1S/C13H21FN2/c1-8(2)5-10(4)16-13-6-9(3)11(14)7-12(13)15/h6-8,10,16H,5,15H2,1-4H3. The van der Waals surface area contributed by atoms with Gasteiger partial charge in [0.2, 0.25) is 0 Å². The minimum atomic E-state index is -0.250. The number of nitrogen functional groups attached to an aromatic ring is 1. The first kappa shape index (κ1) is 12.8. The molecule has 1 aromatic rings. The van der Waals surface area contributed by atoms with Crippen LogP contribution in [0.15, 0.2) is 12.1 Å². The second-order valence-corrected chi connectivity index (χ2v) is 4.86. The second-order valence-electron chi connectivity index (χ2n) is 4.86. The van der Waals surface area contributed by atoms with Crippen LogP contribution in [0.2, 0.25) is 0 Å². The molecule has 90 valence electrons. The van der Waals surface area contributed by atoms with Gasteiger partial charge in [0.1, 0.15) is 5.82 Å². The van der Waals surface area contributed by atoms with Crippen molar-refractivity contribution in [2.75, 3.05) is 11.1 Å². The highest BCUT2D eigenvalue weighted by molar-refractivity contribution is 5.67. The van der Waals surface area contributed by atoms with Crippen molar-refractivity contribution in [2.45, 2.75) is 40.2 Å². The van der Waals surface area contributed by atoms with E-state index in [4.69, 9.17) is 5.73 Å². The number of nitrogens with two attached hydrogens (primary N) is 1. The number of nitrogens with one attached hydrogen (secondary N) is 1. The van der Waals surface area contributed by atoms with Crippen LogP contribution in [-0.4, -0.2) is 6.04 Å². The van der Waals surface area contributed by atoms with E-state index in [2.05, 4.69) is 26.1 Å². The zero-order valence-corrected chi connectivity index (χ0v) is 10.5. The summed E-state index contributed by atoms with van der Waals surface area (Å²) in [5.74, 6) is 0.379. The lowest BCUT2D eigenvalue weighted by Crippen LogP contribution is -2.18. The molecule has 0 radical (unpaired) electrons. The van der Waals surface area contributed by atoms with E-state index in [-0.39, 0.29) is 5.82 Å². The Kier molecular flexibility index (Phi) is 4.16. The topological polar surface area (TPSA) is 38.0 Å². The van der Waals surface area contributed by atoms with Crippen molar-refractivity contribution in [1.82, 2.24) is 0 Å². The normalized spacial score (nSPS) is 12.9. The van der Waals surface area contributed by atoms with Crippen LogP contribution in [0.1, 0.15) is 32.8 Å². The van der Waals surface area contributed by atoms with E-state index in [0.717, 1.165) is 12.1 Å². The predicted molar refractivity (Wildman–Crippen MR) is 68.1 cm³/mol. The molecule has 16 heavy (non-hydrogen) atoms. The summed E-state index contributed by atoms with van der Waals surface area (Å²) in [5, 5.41) is 3.32. The number of rotatable bonds is 4. The van der Waals surface area contributed by atoms with Crippen molar-refractivity contribution >= 4 is 11.4 Å². The van der Waals surface area contributed by atoms with E-state index in [1.165, 1.54) is 6.07 Å². The van der Waals surface area contributed by atoms with Gasteiger partial charge in [-0.3, -0.25) is 0 Å². The Balaban J connectivity index is 2.77. The molecule has 0 aliphatic rings. The van der Waals surface area contributed by atoms with Crippen molar-refractivity contribution in [3.05, 3.63) is 23.5 Å². The Morgan fingerprint density at radius 1 is 1.31 bits per heavy atom. The number of hydrogen-bond acceptors (Lipinski definition) is 2. The van der Waals surface area contributed by atoms with Gasteiger partial charge >= 0.3 is 0 Å². The van der Waals surface area contributed by atoms with E-state index < -0.39 is 0 Å². The van der Waals surface area contributed by atoms with Gasteiger partial charge in [-0.15, -0.1) is 0 Å². The molecule has 1 aromatic carbocycles. The molecule has 3 heteroatoms. The van der Waals surface area contributed by atoms with Gasteiger partial charge in [-0.1, -0.05) is 13.8 Å². The Labute approximate surface area is 97.0 Å². The van der Waals surface area contributed by atoms with E-state index in [9.17, 15) is 4.39 Å². The fourth-order valence-electron chi connectivity index (χ4n) is 1.85. The summed E-state index contributed by atoms with van der Waals surface area (Å²) in [6.45, 7) is 8.21. The summed E-state index contributed by atoms with van der Waals surface area (Å²) in [4.78, 5) is 0. The third-order valence-electron chi connectivity index (χ3n) is 2.56. The molecular weight excluding hydrogens is 203 g/mol. The molecule has 2 nitrogen and oxygen atoms in total. The largest absolute Gasteiger partial charge is 0.397 e. The lowest BCUT2D eigenvalue weighted by atomic mass is 10.0. The molecule has 0 spiro atoms. The molecular formula is C13H21FN2. The van der Waals surface area contributed by atoms with E-state index >= 15 is 0 Å². The smallest absolute Gasteiger partial charge is 0.128 e. The number of anilines is 2. The minimum absolute atomic E-state index is 0.250. The van der Waals surface area contributed by atoms with Crippen molar-refractivity contribution in [2.24, 2.45) is 5.92 Å². The zero-order chi connectivity index (χ0) is 12.3. The van der Waals surface area contributed by atoms with Crippen LogP contribution in [0.3, 0.4) is 0 Å². The van der Waals surface area contributed by atoms with Gasteiger partial charge in [-0.05, 0) is 43.9 Å². The molecule has 1 rings (SSSR count). The lowest BCUT2D eigenvalue weighted by Gasteiger charge is -2.19. The molecule has 0 aliphatic carbocycles. The van der Waals surface area contributed by atoms with Crippen molar-refractivity contribution in [3.8, 4) is 0 Å². The second kappa shape index (κ2) is 5.19. The van der Waals surface area contributed by atoms with Gasteiger partial charge < -0.3 is 11.1 Å². The summed E-state index contributed by atoms with van der Waals surface area (Å²) in [6.07, 6.45) is 1.07. The van der Waals surface area contributed by atoms with Crippen molar-refractivity contribution < 1.29 is 4.39 Å². The van der Waals surface area contributed by atoms with Gasteiger partial charge in [0.25, 0.3) is 0 Å². The molecule has 0 saturated heterocycles. The maximum absolute atomic E-state index is 13.2. The summed E-state index contributed by atoms with van der Waals surface area (Å²) >= 11 is 0. The molecule has 1 atom stereocenters. The van der Waals surface area contributed by atoms with Crippen LogP contribution in [0.5, 0.6) is 0 Å². The first-order valence-corrected chi connectivity index (χ1v) is 5.72. The molecule has 1 unspecified atom stereocenters. The molecule has 0 amide bonds. The molecule has 0 heterocycles. The summed E-state index contributed by atoms with van der Waals surface area (Å²) < 4.78 is 13.2. The van der Waals surface area contributed by atoms with E-state index in [1.54, 1.807) is 13.0 Å². The van der Waals surface area contributed by atoms with Gasteiger partial charge in [-0.2, -0.15) is 0 Å². The Morgan fingerprint density at radius 3 is 2.50 bits per heavy atom. The highest BCUT2D eigenvalue weighted by Crippen LogP contribution is 2.24. The first-order valence-electron chi connectivity index (χ1n) is 5.72. The number of halogens is 1. The van der Waals surface area contributed by atoms with E-state index in [0.29, 0.717) is 23.2 Å². The highest BCUT2D eigenvalue weighted by atomic mass is 19.1. The van der Waals surface area contributed by atoms with E-state index in [1.807, 2.05) is 0 Å². The van der Waals surface area contributed by atoms with Gasteiger partial charge in [0, 0.05) is 6.04 Å². The summed E-state index contributed by atoms with van der Waals surface area (Å²) in [5.41, 5.74) is 7.68. The predicted octanol–water partition coefficient (Wildman–Crippen LogP) is 3.56. The maximum atomic E-state index is 13.2. The van der Waals surface area contributed by atoms with Gasteiger partial charge in [0.05, 0.1) is 11.4 Å². The fourth-order valence-corrected chi connectivity index (χ4v) is 1.85. The Hall–Kier alpha value is -1.25. The third-order valence-corrected chi connectivity index (χ3v) is 2.56. The number of hydrogen-bond donors (Lipinski definition) is 2. The first-order chi connectivity index (χ1) is 7.40. The molecule has 3 N–H and O–H groups in total. The van der Waals surface area contributed by atoms with Gasteiger partial charge in [0.15, 0.2) is 0 Å². The SMILES string of the molecule is Cc1cc(NC(C)CC(C)C)c(N)cc1F. The van der Waals surface area contributed by atoms with Crippen LogP contribution in [0, 0.1) is 18.7 Å². The van der Waals surface area contributed by atoms with Crippen LogP contribution >= 0.6 is 0 Å². The number of benzene rings is 1. The zero-order valence-electron chi connectivity index (χ0n) is 10.5. The fraction of sp³-hybridized carbons (Fsp3) is 0.538. The third kappa shape index (κ3) is 3.40. The quantitative estimate of drug-likeness (QED) is 0.767. The monoisotopic (exact) mass is 224 g/mol. The van der Waals surface area contributed by atoms with Crippen molar-refractivity contribution in [3.63, 3.8) is 0 Å². The molecule has 0 aliphatic heterocycles. The van der Waals surface area contributed by atoms with Crippen LogP contribution in [0.4, 0.5) is 15.8 Å². The minimum Gasteiger partial charge on any atom is -0.397 e. The van der Waals surface area contributed by atoms with Crippen molar-refractivity contribution in [1.29, 1.82) is 0 Å². The Bertz CT molecular complexity index is 361. The summed E-state index contributed by atoms with van der Waals surface area (Å²) in [7, 11) is 0. The van der Waals surface area contributed by atoms with Gasteiger partial charge in [-0.25, -0.2) is 4.39 Å². The number of aryl methyl sites for hydroxylation is 1. The Morgan fingerprint density at radius 2 is 1.94 bits per heavy atom. The maximum Gasteiger partial charge on any atom is 0.128 e. The molecule has 0 aromatic heterocycles. The molecule has 0 bridgehead atoms. The average molecular weight is 224 g/mol. The highest BCUT2D eigenvalue weighted by Gasteiger charge is 2.09. The molecule has 0 fully saturated rings. The average Bonchev–Trinajstić information content (AvgIpc) is 2.12. The van der Waals surface area contributed by atoms with Crippen LogP contribution in [0.25, 0.3) is 0 Å². The van der Waals surface area contributed by atoms with Crippen LogP contribution in [-0.2, 0) is 0 Å². The summed E-state index contributed by atoms with van der Waals surface area (Å²) in [6, 6.07) is 3.48. The molecule has 0 saturated carbocycles. The lowest BCUT2D eigenvalue weighted by molar-refractivity contribution is 0.539. The van der Waals surface area contributed by atoms with Crippen LogP contribution < -0.4 is 11.1 Å².